The quantitative estimate of drug-likeness (QED) is 0.623. The topological polar surface area (TPSA) is 17.8 Å². The zero-order chi connectivity index (χ0) is 8.43. The van der Waals surface area contributed by atoms with Crippen LogP contribution in [0.2, 0.25) is 5.02 Å². The summed E-state index contributed by atoms with van der Waals surface area (Å²) in [7, 11) is 0. The van der Waals surface area contributed by atoms with Gasteiger partial charge >= 0.3 is 0 Å². The predicted molar refractivity (Wildman–Crippen MR) is 46.9 cm³/mol. The zero-order valence-electron chi connectivity index (χ0n) is 6.76. The number of halogens is 1. The van der Waals surface area contributed by atoms with E-state index in [2.05, 4.69) is 11.7 Å². The highest BCUT2D eigenvalue weighted by Gasteiger charge is 2.06. The molecule has 1 heterocycles. The average molecular weight is 171 g/mol. The zero-order valence-corrected chi connectivity index (χ0v) is 7.52. The number of nitrogens with zero attached hydrogens (tertiary/aromatic N) is 2. The first kappa shape index (κ1) is 8.34. The molecule has 1 rings (SSSR count). The van der Waals surface area contributed by atoms with Crippen LogP contribution in [0, 0.1) is 13.8 Å². The highest BCUT2D eigenvalue weighted by Crippen LogP contribution is 2.18. The molecule has 0 fully saturated rings. The number of hydrogen-bond donors (Lipinski definition) is 0. The first-order valence-corrected chi connectivity index (χ1v) is 3.85. The molecule has 0 saturated heterocycles. The van der Waals surface area contributed by atoms with Crippen LogP contribution in [0.15, 0.2) is 12.7 Å². The summed E-state index contributed by atoms with van der Waals surface area (Å²) < 4.78 is 1.84. The largest absolute Gasteiger partial charge is 0.264 e. The van der Waals surface area contributed by atoms with Crippen molar-refractivity contribution in [2.45, 2.75) is 20.4 Å². The van der Waals surface area contributed by atoms with Gasteiger partial charge in [-0.05, 0) is 13.8 Å². The number of aromatic nitrogens is 2. The summed E-state index contributed by atoms with van der Waals surface area (Å²) in [4.78, 5) is 0. The van der Waals surface area contributed by atoms with Crippen LogP contribution in [0.5, 0.6) is 0 Å². The van der Waals surface area contributed by atoms with Crippen LogP contribution in [0.3, 0.4) is 0 Å². The lowest BCUT2D eigenvalue weighted by atomic mass is 10.4. The first-order chi connectivity index (χ1) is 5.16. The first-order valence-electron chi connectivity index (χ1n) is 3.47. The van der Waals surface area contributed by atoms with E-state index in [1.165, 1.54) is 0 Å². The molecule has 0 atom stereocenters. The normalized spacial score (nSPS) is 10.1. The molecule has 0 aliphatic rings. The van der Waals surface area contributed by atoms with Gasteiger partial charge in [-0.1, -0.05) is 17.7 Å². The molecule has 2 nitrogen and oxygen atoms in total. The summed E-state index contributed by atoms with van der Waals surface area (Å²) in [5, 5.41) is 4.97. The van der Waals surface area contributed by atoms with E-state index in [1.807, 2.05) is 18.5 Å². The summed E-state index contributed by atoms with van der Waals surface area (Å²) in [6, 6.07) is 0. The van der Waals surface area contributed by atoms with Gasteiger partial charge in [-0.3, -0.25) is 4.68 Å². The van der Waals surface area contributed by atoms with E-state index in [-0.39, 0.29) is 0 Å². The van der Waals surface area contributed by atoms with Gasteiger partial charge in [0, 0.05) is 0 Å². The van der Waals surface area contributed by atoms with Crippen LogP contribution < -0.4 is 0 Å². The molecule has 0 aliphatic carbocycles. The van der Waals surface area contributed by atoms with Gasteiger partial charge in [0.25, 0.3) is 0 Å². The molecule has 3 heteroatoms. The second-order valence-electron chi connectivity index (χ2n) is 2.46. The number of hydrogen-bond acceptors (Lipinski definition) is 1. The average Bonchev–Trinajstić information content (AvgIpc) is 2.19. The van der Waals surface area contributed by atoms with E-state index in [0.29, 0.717) is 0 Å². The Kier molecular flexibility index (Phi) is 2.35. The Morgan fingerprint density at radius 3 is 2.64 bits per heavy atom. The fourth-order valence-corrected chi connectivity index (χ4v) is 1.11. The van der Waals surface area contributed by atoms with E-state index in [1.54, 1.807) is 6.08 Å². The Balaban J connectivity index is 3.07. The molecule has 1 aromatic rings. The van der Waals surface area contributed by atoms with Gasteiger partial charge < -0.3 is 0 Å². The lowest BCUT2D eigenvalue weighted by Crippen LogP contribution is -1.99. The maximum atomic E-state index is 5.92. The predicted octanol–water partition coefficient (Wildman–Crippen LogP) is 2.34. The van der Waals surface area contributed by atoms with Crippen LogP contribution in [-0.2, 0) is 6.54 Å². The fourth-order valence-electron chi connectivity index (χ4n) is 0.975. The maximum absolute atomic E-state index is 5.92. The molecular formula is C8H11ClN2. The molecular weight excluding hydrogens is 160 g/mol. The smallest absolute Gasteiger partial charge is 0.0844 e. The van der Waals surface area contributed by atoms with Crippen LogP contribution in [0.25, 0.3) is 0 Å². The third-order valence-corrected chi connectivity index (χ3v) is 2.14. The Morgan fingerprint density at radius 2 is 2.27 bits per heavy atom. The Morgan fingerprint density at radius 1 is 1.64 bits per heavy atom. The minimum atomic E-state index is 0.722. The summed E-state index contributed by atoms with van der Waals surface area (Å²) in [6.45, 7) is 8.20. The van der Waals surface area contributed by atoms with Gasteiger partial charge in [-0.2, -0.15) is 5.10 Å². The highest BCUT2D eigenvalue weighted by molar-refractivity contribution is 6.31. The SMILES string of the molecule is C=CCn1nc(C)c(Cl)c1C. The molecule has 0 radical (unpaired) electrons. The minimum Gasteiger partial charge on any atom is -0.264 e. The fraction of sp³-hybridized carbons (Fsp3) is 0.375. The lowest BCUT2D eigenvalue weighted by molar-refractivity contribution is 0.673. The minimum absolute atomic E-state index is 0.722. The van der Waals surface area contributed by atoms with Gasteiger partial charge in [-0.15, -0.1) is 6.58 Å². The van der Waals surface area contributed by atoms with E-state index in [4.69, 9.17) is 11.6 Å². The van der Waals surface area contributed by atoms with Gasteiger partial charge in [0.2, 0.25) is 0 Å². The molecule has 0 amide bonds. The molecule has 0 unspecified atom stereocenters. The van der Waals surface area contributed by atoms with Crippen molar-refractivity contribution in [2.24, 2.45) is 0 Å². The second kappa shape index (κ2) is 3.09. The van der Waals surface area contributed by atoms with Crippen LogP contribution in [0.4, 0.5) is 0 Å². The van der Waals surface area contributed by atoms with Crippen molar-refractivity contribution in [1.29, 1.82) is 0 Å². The van der Waals surface area contributed by atoms with Crippen molar-refractivity contribution >= 4 is 11.6 Å². The molecule has 1 aromatic heterocycles. The number of allylic oxidation sites excluding steroid dienone is 1. The molecule has 11 heavy (non-hydrogen) atoms. The third-order valence-electron chi connectivity index (χ3n) is 1.60. The summed E-state index contributed by atoms with van der Waals surface area (Å²) >= 11 is 5.92. The van der Waals surface area contributed by atoms with Gasteiger partial charge in [0.05, 0.1) is 23.0 Å². The van der Waals surface area contributed by atoms with Crippen molar-refractivity contribution in [1.82, 2.24) is 9.78 Å². The standard InChI is InChI=1S/C8H11ClN2/c1-4-5-11-7(3)8(9)6(2)10-11/h4H,1,5H2,2-3H3. The van der Waals surface area contributed by atoms with Crippen LogP contribution >= 0.6 is 11.6 Å². The van der Waals surface area contributed by atoms with Gasteiger partial charge in [0.1, 0.15) is 0 Å². The Labute approximate surface area is 71.5 Å². The van der Waals surface area contributed by atoms with Gasteiger partial charge in [-0.25, -0.2) is 0 Å². The Bertz CT molecular complexity index is 276. The van der Waals surface area contributed by atoms with Crippen LogP contribution in [0.1, 0.15) is 11.4 Å². The van der Waals surface area contributed by atoms with E-state index in [9.17, 15) is 0 Å². The van der Waals surface area contributed by atoms with Crippen molar-refractivity contribution in [3.8, 4) is 0 Å². The van der Waals surface area contributed by atoms with Crippen molar-refractivity contribution < 1.29 is 0 Å². The van der Waals surface area contributed by atoms with E-state index in [0.717, 1.165) is 23.0 Å². The van der Waals surface area contributed by atoms with E-state index >= 15 is 0 Å². The summed E-state index contributed by atoms with van der Waals surface area (Å²) in [5.41, 5.74) is 1.88. The highest BCUT2D eigenvalue weighted by atomic mass is 35.5. The second-order valence-corrected chi connectivity index (χ2v) is 2.83. The molecule has 0 N–H and O–H groups in total. The molecule has 0 aromatic carbocycles. The van der Waals surface area contributed by atoms with Crippen molar-refractivity contribution in [3.05, 3.63) is 29.1 Å². The lowest BCUT2D eigenvalue weighted by Gasteiger charge is -1.97. The molecule has 0 bridgehead atoms. The molecule has 0 spiro atoms. The molecule has 60 valence electrons. The third kappa shape index (κ3) is 1.46. The van der Waals surface area contributed by atoms with E-state index < -0.39 is 0 Å². The Hall–Kier alpha value is -0.760. The monoisotopic (exact) mass is 170 g/mol. The van der Waals surface area contributed by atoms with Crippen molar-refractivity contribution in [2.75, 3.05) is 0 Å². The summed E-state index contributed by atoms with van der Waals surface area (Å²) in [6.07, 6.45) is 1.80. The molecule has 0 saturated carbocycles. The summed E-state index contributed by atoms with van der Waals surface area (Å²) in [5.74, 6) is 0. The van der Waals surface area contributed by atoms with Crippen LogP contribution in [-0.4, -0.2) is 9.78 Å². The van der Waals surface area contributed by atoms with Gasteiger partial charge in [0.15, 0.2) is 0 Å². The number of aryl methyl sites for hydroxylation is 1. The maximum Gasteiger partial charge on any atom is 0.0844 e. The molecule has 0 aliphatic heterocycles. The number of rotatable bonds is 2. The van der Waals surface area contributed by atoms with Crippen molar-refractivity contribution in [3.63, 3.8) is 0 Å².